The summed E-state index contributed by atoms with van der Waals surface area (Å²) in [6.45, 7) is 0. The molecule has 180 valence electrons. The van der Waals surface area contributed by atoms with Gasteiger partial charge in [0, 0.05) is 30.2 Å². The van der Waals surface area contributed by atoms with E-state index in [9.17, 15) is 26.7 Å². The standard InChI is InChI=1S/C21H12F5IN6O2/c22-12-2-1-6-30-19(12)33-17(21(24,25)26)11(9-31-33)20(34)32-10-3-4-14(13(23)8-10)35-15-5-7-29-18(28)16(15)27/h1-9H,(H2,28,29)(H,32,34). The first-order valence-corrected chi connectivity index (χ1v) is 10.6. The highest BCUT2D eigenvalue weighted by Crippen LogP contribution is 2.35. The quantitative estimate of drug-likeness (QED) is 0.241. The van der Waals surface area contributed by atoms with Gasteiger partial charge in [-0.15, -0.1) is 0 Å². The number of benzene rings is 1. The van der Waals surface area contributed by atoms with Gasteiger partial charge < -0.3 is 15.8 Å². The first kappa shape index (κ1) is 24.3. The molecule has 0 saturated heterocycles. The van der Waals surface area contributed by atoms with Crippen LogP contribution in [0.15, 0.2) is 55.0 Å². The number of carbonyl (C=O) groups excluding carboxylic acids is 1. The molecule has 8 nitrogen and oxygen atoms in total. The first-order valence-electron chi connectivity index (χ1n) is 9.51. The summed E-state index contributed by atoms with van der Waals surface area (Å²) in [4.78, 5) is 20.1. The maximum atomic E-state index is 14.6. The fourth-order valence-electron chi connectivity index (χ4n) is 2.98. The Labute approximate surface area is 207 Å². The lowest BCUT2D eigenvalue weighted by molar-refractivity contribution is -0.143. The van der Waals surface area contributed by atoms with E-state index in [-0.39, 0.29) is 27.7 Å². The zero-order chi connectivity index (χ0) is 25.3. The third kappa shape index (κ3) is 5.01. The SMILES string of the molecule is Nc1nccc(Oc2ccc(NC(=O)c3cnn(-c4ncccc4F)c3C(F)(F)F)cc2F)c1I. The molecule has 0 aliphatic heterocycles. The highest BCUT2D eigenvalue weighted by molar-refractivity contribution is 14.1. The van der Waals surface area contributed by atoms with E-state index in [1.54, 1.807) is 0 Å². The molecule has 4 aromatic rings. The maximum Gasteiger partial charge on any atom is 0.434 e. The minimum absolute atomic E-state index is 0.159. The van der Waals surface area contributed by atoms with Crippen LogP contribution in [0.5, 0.6) is 11.5 Å². The number of nitrogens with two attached hydrogens (primary N) is 1. The van der Waals surface area contributed by atoms with Gasteiger partial charge in [0.1, 0.15) is 11.6 Å². The van der Waals surface area contributed by atoms with Crippen LogP contribution in [0.25, 0.3) is 5.82 Å². The predicted molar refractivity (Wildman–Crippen MR) is 122 cm³/mol. The number of ether oxygens (including phenoxy) is 1. The summed E-state index contributed by atoms with van der Waals surface area (Å²) in [6, 6.07) is 6.82. The largest absolute Gasteiger partial charge is 0.453 e. The number of hydrogen-bond donors (Lipinski definition) is 2. The zero-order valence-electron chi connectivity index (χ0n) is 17.1. The molecule has 3 heterocycles. The van der Waals surface area contributed by atoms with Crippen molar-refractivity contribution in [1.82, 2.24) is 19.7 Å². The number of nitrogens with zero attached hydrogens (tertiary/aromatic N) is 4. The molecule has 0 aliphatic rings. The number of hydrogen-bond acceptors (Lipinski definition) is 6. The van der Waals surface area contributed by atoms with Crippen LogP contribution < -0.4 is 15.8 Å². The zero-order valence-corrected chi connectivity index (χ0v) is 19.3. The van der Waals surface area contributed by atoms with Crippen LogP contribution in [-0.2, 0) is 6.18 Å². The summed E-state index contributed by atoms with van der Waals surface area (Å²) < 4.78 is 76.0. The van der Waals surface area contributed by atoms with Gasteiger partial charge in [-0.3, -0.25) is 4.79 Å². The van der Waals surface area contributed by atoms with Crippen molar-refractivity contribution < 1.29 is 31.5 Å². The monoisotopic (exact) mass is 602 g/mol. The molecule has 1 aromatic carbocycles. The molecule has 0 unspecified atom stereocenters. The number of nitrogens with one attached hydrogen (secondary N) is 1. The van der Waals surface area contributed by atoms with Gasteiger partial charge in [0.05, 0.1) is 15.3 Å². The minimum atomic E-state index is -5.08. The number of pyridine rings is 2. The van der Waals surface area contributed by atoms with Gasteiger partial charge in [0.2, 0.25) is 0 Å². The highest BCUT2D eigenvalue weighted by Gasteiger charge is 2.41. The van der Waals surface area contributed by atoms with Gasteiger partial charge in [0.25, 0.3) is 5.91 Å². The molecular weight excluding hydrogens is 590 g/mol. The van der Waals surface area contributed by atoms with Crippen molar-refractivity contribution in [2.24, 2.45) is 0 Å². The predicted octanol–water partition coefficient (Wildman–Crippen LogP) is 5.19. The molecule has 35 heavy (non-hydrogen) atoms. The Morgan fingerprint density at radius 3 is 2.51 bits per heavy atom. The lowest BCUT2D eigenvalue weighted by atomic mass is 10.2. The van der Waals surface area contributed by atoms with Crippen molar-refractivity contribution in [1.29, 1.82) is 0 Å². The van der Waals surface area contributed by atoms with Crippen LogP contribution >= 0.6 is 22.6 Å². The second-order valence-electron chi connectivity index (χ2n) is 6.83. The summed E-state index contributed by atoms with van der Waals surface area (Å²) >= 11 is 1.87. The molecule has 3 N–H and O–H groups in total. The fourth-order valence-corrected chi connectivity index (χ4v) is 3.41. The van der Waals surface area contributed by atoms with Crippen molar-refractivity contribution in [3.05, 3.63) is 81.5 Å². The van der Waals surface area contributed by atoms with E-state index in [1.807, 2.05) is 22.6 Å². The van der Waals surface area contributed by atoms with Crippen molar-refractivity contribution in [3.63, 3.8) is 0 Å². The van der Waals surface area contributed by atoms with E-state index in [4.69, 9.17) is 10.5 Å². The topological polar surface area (TPSA) is 108 Å². The average Bonchev–Trinajstić information content (AvgIpc) is 3.25. The van der Waals surface area contributed by atoms with Gasteiger partial charge in [-0.05, 0) is 46.9 Å². The molecular formula is C21H12F5IN6O2. The lowest BCUT2D eigenvalue weighted by Crippen LogP contribution is -2.21. The molecule has 14 heteroatoms. The Hall–Kier alpha value is -3.82. The maximum absolute atomic E-state index is 14.6. The number of anilines is 2. The van der Waals surface area contributed by atoms with Gasteiger partial charge in [-0.2, -0.15) is 18.3 Å². The summed E-state index contributed by atoms with van der Waals surface area (Å²) in [5.41, 5.74) is 3.07. The smallest absolute Gasteiger partial charge is 0.434 e. The Morgan fingerprint density at radius 1 is 1.06 bits per heavy atom. The third-order valence-electron chi connectivity index (χ3n) is 4.51. The number of carbonyl (C=O) groups is 1. The number of nitrogen functional groups attached to an aromatic ring is 1. The Bertz CT molecular complexity index is 1430. The third-order valence-corrected chi connectivity index (χ3v) is 5.60. The van der Waals surface area contributed by atoms with Crippen molar-refractivity contribution >= 4 is 40.0 Å². The van der Waals surface area contributed by atoms with E-state index >= 15 is 0 Å². The molecule has 0 bridgehead atoms. The number of aromatic nitrogens is 4. The second-order valence-corrected chi connectivity index (χ2v) is 7.91. The number of rotatable bonds is 5. The van der Waals surface area contributed by atoms with Crippen LogP contribution in [0.4, 0.5) is 33.5 Å². The van der Waals surface area contributed by atoms with E-state index in [2.05, 4.69) is 20.4 Å². The molecule has 0 atom stereocenters. The first-order chi connectivity index (χ1) is 16.6. The molecule has 0 fully saturated rings. The fraction of sp³-hybridized carbons (Fsp3) is 0.0476. The summed E-state index contributed by atoms with van der Waals surface area (Å²) in [7, 11) is 0. The molecule has 4 rings (SSSR count). The number of amides is 1. The van der Waals surface area contributed by atoms with E-state index in [0.29, 0.717) is 9.77 Å². The number of halogens is 6. The van der Waals surface area contributed by atoms with E-state index in [1.165, 1.54) is 30.5 Å². The second kappa shape index (κ2) is 9.44. The summed E-state index contributed by atoms with van der Waals surface area (Å²) in [5.74, 6) is -3.77. The van der Waals surface area contributed by atoms with Crippen LogP contribution in [0.1, 0.15) is 16.1 Å². The van der Waals surface area contributed by atoms with Gasteiger partial charge in [-0.25, -0.2) is 23.4 Å². The molecule has 0 radical (unpaired) electrons. The minimum Gasteiger partial charge on any atom is -0.453 e. The molecule has 0 spiro atoms. The summed E-state index contributed by atoms with van der Waals surface area (Å²) in [6.07, 6.45) is -2.02. The van der Waals surface area contributed by atoms with E-state index < -0.39 is 40.8 Å². The van der Waals surface area contributed by atoms with Crippen LogP contribution in [0, 0.1) is 15.2 Å². The molecule has 0 aliphatic carbocycles. The van der Waals surface area contributed by atoms with Crippen molar-refractivity contribution in [2.75, 3.05) is 11.1 Å². The molecule has 0 saturated carbocycles. The van der Waals surface area contributed by atoms with Crippen molar-refractivity contribution in [3.8, 4) is 17.3 Å². The van der Waals surface area contributed by atoms with E-state index in [0.717, 1.165) is 18.3 Å². The lowest BCUT2D eigenvalue weighted by Gasteiger charge is -2.13. The molecule has 1 amide bonds. The Morgan fingerprint density at radius 2 is 1.83 bits per heavy atom. The van der Waals surface area contributed by atoms with Gasteiger partial charge in [0.15, 0.2) is 28.9 Å². The Balaban J connectivity index is 1.61. The van der Waals surface area contributed by atoms with Crippen LogP contribution in [0.2, 0.25) is 0 Å². The van der Waals surface area contributed by atoms with Crippen LogP contribution in [-0.4, -0.2) is 25.7 Å². The highest BCUT2D eigenvalue weighted by atomic mass is 127. The Kier molecular flexibility index (Phi) is 6.56. The van der Waals surface area contributed by atoms with Gasteiger partial charge >= 0.3 is 6.18 Å². The molecule has 3 aromatic heterocycles. The number of alkyl halides is 3. The summed E-state index contributed by atoms with van der Waals surface area (Å²) in [5, 5.41) is 5.66. The van der Waals surface area contributed by atoms with Gasteiger partial charge in [-0.1, -0.05) is 0 Å². The average molecular weight is 602 g/mol. The normalized spacial score (nSPS) is 11.4. The van der Waals surface area contributed by atoms with Crippen LogP contribution in [0.3, 0.4) is 0 Å². The van der Waals surface area contributed by atoms with Crippen molar-refractivity contribution in [2.45, 2.75) is 6.18 Å².